The summed E-state index contributed by atoms with van der Waals surface area (Å²) in [5.41, 5.74) is -2.14. The molecule has 3 fully saturated rings. The second-order valence-corrected chi connectivity index (χ2v) is 14.7. The highest BCUT2D eigenvalue weighted by molar-refractivity contribution is 6.04. The van der Waals surface area contributed by atoms with Crippen molar-refractivity contribution in [1.29, 1.82) is 0 Å². The molecule has 9 atom stereocenters. The van der Waals surface area contributed by atoms with Crippen molar-refractivity contribution in [3.63, 3.8) is 0 Å². The maximum atomic E-state index is 14.2. The lowest BCUT2D eigenvalue weighted by atomic mass is 9.74. The van der Waals surface area contributed by atoms with Gasteiger partial charge in [-0.25, -0.2) is 0 Å². The van der Waals surface area contributed by atoms with Crippen molar-refractivity contribution in [3.05, 3.63) is 0 Å². The van der Waals surface area contributed by atoms with Crippen molar-refractivity contribution in [1.82, 2.24) is 14.7 Å². The average molecular weight is 612 g/mol. The number of nitrogens with zero attached hydrogens (tertiary/aromatic N) is 3. The summed E-state index contributed by atoms with van der Waals surface area (Å²) < 4.78 is 30.6. The number of esters is 1. The standard InChI is InChI=1S/C33H61N3O7/c1-21-15-33(7,40-12)30(43-28-14-26(34(8)9)13-23(3)42-28)24(4)29(37)32(5,6)31(38)41-20-27(35(10)16-21)25-17-36(18-25)22(2)19-39-11/h21-28,30H,13-20H2,1-12H3/t21-,22?,23-,24+,26+,27?,28+,30-,33-/m1/s1. The first-order valence-corrected chi connectivity index (χ1v) is 16.2. The van der Waals surface area contributed by atoms with Gasteiger partial charge in [0.15, 0.2) is 12.1 Å². The van der Waals surface area contributed by atoms with Gasteiger partial charge in [0.25, 0.3) is 0 Å². The number of ketones is 1. The van der Waals surface area contributed by atoms with Crippen LogP contribution in [0, 0.1) is 23.2 Å². The van der Waals surface area contributed by atoms with Crippen molar-refractivity contribution >= 4 is 11.8 Å². The topological polar surface area (TPSA) is 90.0 Å². The molecule has 250 valence electrons. The fraction of sp³-hybridized carbons (Fsp3) is 0.939. The van der Waals surface area contributed by atoms with E-state index in [1.165, 1.54) is 0 Å². The van der Waals surface area contributed by atoms with E-state index < -0.39 is 35.3 Å². The number of hydrogen-bond donors (Lipinski definition) is 0. The molecule has 3 rings (SSSR count). The van der Waals surface area contributed by atoms with Gasteiger partial charge in [-0.05, 0) is 74.5 Å². The molecule has 3 heterocycles. The van der Waals surface area contributed by atoms with Crippen LogP contribution in [0.2, 0.25) is 0 Å². The van der Waals surface area contributed by atoms with Gasteiger partial charge in [0, 0.05) is 70.2 Å². The Morgan fingerprint density at radius 2 is 1.70 bits per heavy atom. The van der Waals surface area contributed by atoms with Gasteiger partial charge < -0.3 is 28.6 Å². The molecule has 0 radical (unpaired) electrons. The molecule has 3 saturated heterocycles. The Kier molecular flexibility index (Phi) is 12.6. The quantitative estimate of drug-likeness (QED) is 0.301. The minimum atomic E-state index is -1.34. The van der Waals surface area contributed by atoms with E-state index in [1.54, 1.807) is 28.1 Å². The third-order valence-electron chi connectivity index (χ3n) is 10.4. The zero-order valence-corrected chi connectivity index (χ0v) is 29.1. The normalized spacial score (nSPS) is 38.5. The summed E-state index contributed by atoms with van der Waals surface area (Å²) in [4.78, 5) is 34.7. The molecule has 3 aliphatic rings. The fourth-order valence-electron chi connectivity index (χ4n) is 7.51. The number of carbonyl (C=O) groups is 2. The minimum absolute atomic E-state index is 0.0246. The smallest absolute Gasteiger partial charge is 0.319 e. The Balaban J connectivity index is 1.90. The summed E-state index contributed by atoms with van der Waals surface area (Å²) in [6, 6.07) is 0.686. The molecule has 0 aromatic rings. The van der Waals surface area contributed by atoms with Crippen LogP contribution in [0.15, 0.2) is 0 Å². The van der Waals surface area contributed by atoms with E-state index in [2.05, 4.69) is 56.6 Å². The highest BCUT2D eigenvalue weighted by Crippen LogP contribution is 2.38. The summed E-state index contributed by atoms with van der Waals surface area (Å²) in [6.07, 6.45) is 1.21. The van der Waals surface area contributed by atoms with E-state index in [0.717, 1.165) is 26.1 Å². The second-order valence-electron chi connectivity index (χ2n) is 14.7. The predicted octanol–water partition coefficient (Wildman–Crippen LogP) is 3.31. The second kappa shape index (κ2) is 15.0. The van der Waals surface area contributed by atoms with E-state index in [4.69, 9.17) is 23.7 Å². The van der Waals surface area contributed by atoms with E-state index in [1.807, 2.05) is 13.8 Å². The molecular weight excluding hydrogens is 550 g/mol. The highest BCUT2D eigenvalue weighted by Gasteiger charge is 2.51. The Morgan fingerprint density at radius 3 is 2.28 bits per heavy atom. The fourth-order valence-corrected chi connectivity index (χ4v) is 7.51. The lowest BCUT2D eigenvalue weighted by molar-refractivity contribution is -0.263. The molecule has 0 spiro atoms. The first-order valence-electron chi connectivity index (χ1n) is 16.2. The number of hydrogen-bond acceptors (Lipinski definition) is 10. The Morgan fingerprint density at radius 1 is 1.05 bits per heavy atom. The van der Waals surface area contributed by atoms with Crippen molar-refractivity contribution in [2.24, 2.45) is 23.2 Å². The van der Waals surface area contributed by atoms with Gasteiger partial charge in [0.05, 0.1) is 24.4 Å². The Hall–Kier alpha value is -1.14. The minimum Gasteiger partial charge on any atom is -0.463 e. The molecule has 2 unspecified atom stereocenters. The maximum absolute atomic E-state index is 14.2. The van der Waals surface area contributed by atoms with Gasteiger partial charge in [-0.15, -0.1) is 0 Å². The number of likely N-dealkylation sites (tertiary alicyclic amines) is 1. The van der Waals surface area contributed by atoms with Crippen molar-refractivity contribution in [2.45, 2.75) is 110 Å². The van der Waals surface area contributed by atoms with Crippen molar-refractivity contribution in [3.8, 4) is 0 Å². The van der Waals surface area contributed by atoms with Crippen LogP contribution < -0.4 is 0 Å². The van der Waals surface area contributed by atoms with Crippen molar-refractivity contribution < 1.29 is 33.3 Å². The number of Topliss-reactive ketones (excluding diaryl/α,β-unsaturated/α-hetero) is 1. The molecular formula is C33H61N3O7. The molecule has 0 N–H and O–H groups in total. The first-order chi connectivity index (χ1) is 20.0. The van der Waals surface area contributed by atoms with Crippen LogP contribution in [0.1, 0.15) is 67.7 Å². The van der Waals surface area contributed by atoms with Gasteiger partial charge in [-0.3, -0.25) is 19.4 Å². The van der Waals surface area contributed by atoms with Crippen LogP contribution >= 0.6 is 0 Å². The molecule has 10 nitrogen and oxygen atoms in total. The summed E-state index contributed by atoms with van der Waals surface area (Å²) in [6.45, 7) is 17.3. The van der Waals surface area contributed by atoms with Gasteiger partial charge in [-0.1, -0.05) is 13.8 Å². The summed E-state index contributed by atoms with van der Waals surface area (Å²) >= 11 is 0. The van der Waals surface area contributed by atoms with Crippen LogP contribution in [0.25, 0.3) is 0 Å². The molecule has 3 aliphatic heterocycles. The van der Waals surface area contributed by atoms with Crippen LogP contribution in [-0.4, -0.2) is 137 Å². The Labute approximate surface area is 261 Å². The summed E-state index contributed by atoms with van der Waals surface area (Å²) in [5.74, 6) is -0.757. The molecule has 0 saturated carbocycles. The van der Waals surface area contributed by atoms with Crippen LogP contribution in [0.5, 0.6) is 0 Å². The summed E-state index contributed by atoms with van der Waals surface area (Å²) in [5, 5.41) is 0. The molecule has 0 amide bonds. The first kappa shape index (κ1) is 36.3. The van der Waals surface area contributed by atoms with Gasteiger partial charge in [0.2, 0.25) is 0 Å². The number of cyclic esters (lactones) is 1. The largest absolute Gasteiger partial charge is 0.463 e. The maximum Gasteiger partial charge on any atom is 0.319 e. The van der Waals surface area contributed by atoms with Crippen LogP contribution in [0.4, 0.5) is 0 Å². The van der Waals surface area contributed by atoms with E-state index in [-0.39, 0.29) is 30.5 Å². The van der Waals surface area contributed by atoms with Crippen molar-refractivity contribution in [2.75, 3.05) is 68.2 Å². The number of methoxy groups -OCH3 is 2. The van der Waals surface area contributed by atoms with E-state index >= 15 is 0 Å². The molecule has 10 heteroatoms. The van der Waals surface area contributed by atoms with E-state index in [9.17, 15) is 9.59 Å². The SMILES string of the molecule is COCC(C)N1CC(C2COC(=O)C(C)(C)C(=O)[C@H](C)[C@@H](O[C@H]3C[C@@H](N(C)C)C[C@@H](C)O3)[C@](C)(OC)C[C@@H](C)CN2C)C1. The summed E-state index contributed by atoms with van der Waals surface area (Å²) in [7, 11) is 9.69. The van der Waals surface area contributed by atoms with E-state index in [0.29, 0.717) is 37.5 Å². The lowest BCUT2D eigenvalue weighted by Gasteiger charge is -2.49. The highest BCUT2D eigenvalue weighted by atomic mass is 16.7. The predicted molar refractivity (Wildman–Crippen MR) is 167 cm³/mol. The molecule has 0 aromatic heterocycles. The number of ether oxygens (including phenoxy) is 5. The third-order valence-corrected chi connectivity index (χ3v) is 10.4. The third kappa shape index (κ3) is 8.57. The van der Waals surface area contributed by atoms with Gasteiger partial charge >= 0.3 is 5.97 Å². The van der Waals surface area contributed by atoms with Crippen LogP contribution in [-0.2, 0) is 33.3 Å². The number of rotatable bonds is 8. The van der Waals surface area contributed by atoms with Gasteiger partial charge in [0.1, 0.15) is 12.0 Å². The lowest BCUT2D eigenvalue weighted by Crippen LogP contribution is -2.61. The Bertz CT molecular complexity index is 926. The molecule has 0 aliphatic carbocycles. The monoisotopic (exact) mass is 611 g/mol. The number of likely N-dealkylation sites (N-methyl/N-ethyl adjacent to an activating group) is 1. The zero-order chi connectivity index (χ0) is 32.3. The molecule has 0 bridgehead atoms. The molecule has 43 heavy (non-hydrogen) atoms. The number of carbonyl (C=O) groups excluding carboxylic acids is 2. The zero-order valence-electron chi connectivity index (χ0n) is 29.1. The van der Waals surface area contributed by atoms with Crippen LogP contribution in [0.3, 0.4) is 0 Å². The van der Waals surface area contributed by atoms with Gasteiger partial charge in [-0.2, -0.15) is 0 Å². The molecule has 0 aromatic carbocycles. The average Bonchev–Trinajstić information content (AvgIpc) is 2.90.